The Labute approximate surface area is 159 Å². The summed E-state index contributed by atoms with van der Waals surface area (Å²) in [5.41, 5.74) is 0.990. The van der Waals surface area contributed by atoms with Gasteiger partial charge < -0.3 is 9.64 Å². The van der Waals surface area contributed by atoms with Crippen molar-refractivity contribution in [3.05, 3.63) is 36.3 Å². The topological polar surface area (TPSA) is 76.4 Å². The Morgan fingerprint density at radius 1 is 1.26 bits per heavy atom. The maximum atomic E-state index is 12.5. The first-order valence-electron chi connectivity index (χ1n) is 9.61. The Kier molecular flexibility index (Phi) is 5.45. The number of nitrogens with zero attached hydrogens (tertiary/aromatic N) is 6. The van der Waals surface area contributed by atoms with Crippen LogP contribution in [0, 0.1) is 6.92 Å². The maximum absolute atomic E-state index is 12.5. The number of aromatic nitrogens is 4. The number of carbonyl (C=O) groups is 1. The third-order valence-electron chi connectivity index (χ3n) is 5.36. The molecule has 8 heteroatoms. The van der Waals surface area contributed by atoms with Gasteiger partial charge in [-0.25, -0.2) is 9.97 Å². The SMILES string of the molecule is Cc1nccn1-c1cncc(C2CCCN(CC(=O)N3CCOCC3)C2)n1. The third kappa shape index (κ3) is 4.17. The molecule has 1 amide bonds. The summed E-state index contributed by atoms with van der Waals surface area (Å²) in [5.74, 6) is 2.19. The van der Waals surface area contributed by atoms with E-state index < -0.39 is 0 Å². The molecule has 4 rings (SSSR count). The van der Waals surface area contributed by atoms with E-state index in [0.717, 1.165) is 43.3 Å². The monoisotopic (exact) mass is 370 g/mol. The van der Waals surface area contributed by atoms with Crippen LogP contribution in [-0.2, 0) is 9.53 Å². The zero-order chi connectivity index (χ0) is 18.6. The van der Waals surface area contributed by atoms with Crippen LogP contribution in [0.25, 0.3) is 5.82 Å². The largest absolute Gasteiger partial charge is 0.378 e. The standard InChI is InChI=1S/C19H26N6O2/c1-15-21-4-6-25(15)18-12-20-11-17(22-18)16-3-2-5-23(13-16)14-19(26)24-7-9-27-10-8-24/h4,6,11-12,16H,2-3,5,7-10,13-14H2,1H3. The number of ether oxygens (including phenoxy) is 1. The average molecular weight is 370 g/mol. The van der Waals surface area contributed by atoms with Crippen LogP contribution < -0.4 is 0 Å². The average Bonchev–Trinajstić information content (AvgIpc) is 3.15. The highest BCUT2D eigenvalue weighted by Crippen LogP contribution is 2.26. The van der Waals surface area contributed by atoms with E-state index in [1.165, 1.54) is 0 Å². The van der Waals surface area contributed by atoms with Gasteiger partial charge in [0.25, 0.3) is 0 Å². The Bertz CT molecular complexity index is 786. The smallest absolute Gasteiger partial charge is 0.236 e. The lowest BCUT2D eigenvalue weighted by atomic mass is 9.95. The van der Waals surface area contributed by atoms with Gasteiger partial charge >= 0.3 is 0 Å². The molecule has 0 aromatic carbocycles. The number of aryl methyl sites for hydroxylation is 1. The number of hydrogen-bond acceptors (Lipinski definition) is 6. The van der Waals surface area contributed by atoms with Crippen LogP contribution in [0.15, 0.2) is 24.8 Å². The lowest BCUT2D eigenvalue weighted by molar-refractivity contribution is -0.136. The van der Waals surface area contributed by atoms with Gasteiger partial charge in [0.15, 0.2) is 5.82 Å². The van der Waals surface area contributed by atoms with Crippen LogP contribution in [-0.4, -0.2) is 81.2 Å². The molecule has 0 spiro atoms. The van der Waals surface area contributed by atoms with Crippen molar-refractivity contribution in [1.82, 2.24) is 29.3 Å². The number of imidazole rings is 1. The summed E-state index contributed by atoms with van der Waals surface area (Å²) in [6, 6.07) is 0. The number of amides is 1. The van der Waals surface area contributed by atoms with Crippen molar-refractivity contribution >= 4 is 5.91 Å². The van der Waals surface area contributed by atoms with E-state index in [-0.39, 0.29) is 5.91 Å². The molecule has 0 N–H and O–H groups in total. The predicted molar refractivity (Wildman–Crippen MR) is 99.7 cm³/mol. The van der Waals surface area contributed by atoms with Crippen molar-refractivity contribution in [2.45, 2.75) is 25.7 Å². The van der Waals surface area contributed by atoms with Gasteiger partial charge in [0.1, 0.15) is 5.82 Å². The first-order valence-corrected chi connectivity index (χ1v) is 9.61. The molecule has 0 bridgehead atoms. The molecule has 2 fully saturated rings. The number of likely N-dealkylation sites (tertiary alicyclic amines) is 1. The number of rotatable bonds is 4. The molecule has 2 aliphatic rings. The van der Waals surface area contributed by atoms with Crippen molar-refractivity contribution < 1.29 is 9.53 Å². The first kappa shape index (κ1) is 18.1. The summed E-state index contributed by atoms with van der Waals surface area (Å²) < 4.78 is 7.28. The fourth-order valence-electron chi connectivity index (χ4n) is 3.85. The number of piperidine rings is 1. The normalized spacial score (nSPS) is 21.4. The van der Waals surface area contributed by atoms with Crippen molar-refractivity contribution in [3.63, 3.8) is 0 Å². The Morgan fingerprint density at radius 3 is 2.89 bits per heavy atom. The Hall–Kier alpha value is -2.32. The van der Waals surface area contributed by atoms with Crippen LogP contribution in [0.1, 0.15) is 30.3 Å². The first-order chi connectivity index (χ1) is 13.2. The summed E-state index contributed by atoms with van der Waals surface area (Å²) in [6.07, 6.45) is 9.43. The molecule has 2 aliphatic heterocycles. The zero-order valence-electron chi connectivity index (χ0n) is 15.8. The van der Waals surface area contributed by atoms with E-state index in [1.807, 2.05) is 28.8 Å². The molecule has 8 nitrogen and oxygen atoms in total. The molecule has 0 aliphatic carbocycles. The number of carbonyl (C=O) groups excluding carboxylic acids is 1. The van der Waals surface area contributed by atoms with Gasteiger partial charge in [-0.15, -0.1) is 0 Å². The molecule has 0 saturated carbocycles. The second-order valence-electron chi connectivity index (χ2n) is 7.21. The Morgan fingerprint density at radius 2 is 2.11 bits per heavy atom. The van der Waals surface area contributed by atoms with Gasteiger partial charge in [0.05, 0.1) is 31.6 Å². The molecule has 4 heterocycles. The van der Waals surface area contributed by atoms with E-state index in [9.17, 15) is 4.79 Å². The molecule has 1 atom stereocenters. The summed E-state index contributed by atoms with van der Waals surface area (Å²) in [7, 11) is 0. The van der Waals surface area contributed by atoms with Crippen LogP contribution >= 0.6 is 0 Å². The third-order valence-corrected chi connectivity index (χ3v) is 5.36. The number of morpholine rings is 1. The number of hydrogen-bond donors (Lipinski definition) is 0. The van der Waals surface area contributed by atoms with Gasteiger partial charge in [-0.1, -0.05) is 0 Å². The Balaban J connectivity index is 1.42. The minimum Gasteiger partial charge on any atom is -0.378 e. The van der Waals surface area contributed by atoms with Gasteiger partial charge in [-0.05, 0) is 26.3 Å². The molecule has 2 aromatic rings. The van der Waals surface area contributed by atoms with Crippen molar-refractivity contribution in [3.8, 4) is 5.82 Å². The lowest BCUT2D eigenvalue weighted by Crippen LogP contribution is -2.47. The highest BCUT2D eigenvalue weighted by atomic mass is 16.5. The second kappa shape index (κ2) is 8.14. The molecular weight excluding hydrogens is 344 g/mol. The van der Waals surface area contributed by atoms with Gasteiger partial charge in [-0.2, -0.15) is 0 Å². The minimum absolute atomic E-state index is 0.202. The van der Waals surface area contributed by atoms with Crippen LogP contribution in [0.5, 0.6) is 0 Å². The molecule has 2 aromatic heterocycles. The fraction of sp³-hybridized carbons (Fsp3) is 0.579. The van der Waals surface area contributed by atoms with E-state index in [2.05, 4.69) is 14.9 Å². The van der Waals surface area contributed by atoms with Crippen LogP contribution in [0.4, 0.5) is 0 Å². The second-order valence-corrected chi connectivity index (χ2v) is 7.21. The summed E-state index contributed by atoms with van der Waals surface area (Å²) in [6.45, 7) is 6.92. The predicted octanol–water partition coefficient (Wildman–Crippen LogP) is 1.01. The lowest BCUT2D eigenvalue weighted by Gasteiger charge is -2.34. The van der Waals surface area contributed by atoms with Gasteiger partial charge in [0.2, 0.25) is 5.91 Å². The quantitative estimate of drug-likeness (QED) is 0.799. The van der Waals surface area contributed by atoms with Gasteiger partial charge in [0, 0.05) is 44.1 Å². The summed E-state index contributed by atoms with van der Waals surface area (Å²) in [4.78, 5) is 30.2. The minimum atomic E-state index is 0.202. The summed E-state index contributed by atoms with van der Waals surface area (Å²) >= 11 is 0. The maximum Gasteiger partial charge on any atom is 0.236 e. The molecule has 1 unspecified atom stereocenters. The summed E-state index contributed by atoms with van der Waals surface area (Å²) in [5, 5.41) is 0. The molecular formula is C19H26N6O2. The highest BCUT2D eigenvalue weighted by molar-refractivity contribution is 5.78. The van der Waals surface area contributed by atoms with E-state index in [4.69, 9.17) is 9.72 Å². The van der Waals surface area contributed by atoms with E-state index >= 15 is 0 Å². The highest BCUT2D eigenvalue weighted by Gasteiger charge is 2.26. The van der Waals surface area contributed by atoms with Gasteiger partial charge in [-0.3, -0.25) is 19.2 Å². The zero-order valence-corrected chi connectivity index (χ0v) is 15.8. The molecule has 144 valence electrons. The van der Waals surface area contributed by atoms with Crippen molar-refractivity contribution in [1.29, 1.82) is 0 Å². The molecule has 27 heavy (non-hydrogen) atoms. The van der Waals surface area contributed by atoms with E-state index in [1.54, 1.807) is 12.4 Å². The molecule has 2 saturated heterocycles. The fourth-order valence-corrected chi connectivity index (χ4v) is 3.85. The van der Waals surface area contributed by atoms with Crippen LogP contribution in [0.2, 0.25) is 0 Å². The molecule has 0 radical (unpaired) electrons. The van der Waals surface area contributed by atoms with Crippen molar-refractivity contribution in [2.24, 2.45) is 0 Å². The van der Waals surface area contributed by atoms with Crippen LogP contribution in [0.3, 0.4) is 0 Å². The van der Waals surface area contributed by atoms with Crippen molar-refractivity contribution in [2.75, 3.05) is 45.9 Å². The van der Waals surface area contributed by atoms with E-state index in [0.29, 0.717) is 38.8 Å².